The standard InChI is InChI=1S/C27H34N4O4/c1-18-11-9-10-14-20(18)21(16-25(33)34)28-26(35)22-15-24(30(5)17-23(32)27(2,3)4)31(29-22)19-12-7-6-8-13-19/h6-15,21,23,32H,16-17H2,1-5H3,(H,28,35)(H,33,34). The Morgan fingerprint density at radius 2 is 1.71 bits per heavy atom. The maximum atomic E-state index is 13.3. The Bertz CT molecular complexity index is 1170. The fraction of sp³-hybridized carbons (Fsp3) is 0.370. The van der Waals surface area contributed by atoms with Gasteiger partial charge in [-0.2, -0.15) is 5.10 Å². The quantitative estimate of drug-likeness (QED) is 0.430. The highest BCUT2D eigenvalue weighted by Gasteiger charge is 2.27. The summed E-state index contributed by atoms with van der Waals surface area (Å²) in [5, 5.41) is 27.5. The van der Waals surface area contributed by atoms with Gasteiger partial charge in [0.25, 0.3) is 5.91 Å². The number of likely N-dealkylation sites (N-methyl/N-ethyl adjacent to an activating group) is 1. The Kier molecular flexibility index (Phi) is 7.96. The Hall–Kier alpha value is -3.65. The molecule has 0 radical (unpaired) electrons. The number of carboxylic acid groups (broad SMARTS) is 1. The predicted octanol–water partition coefficient (Wildman–Crippen LogP) is 3.97. The lowest BCUT2D eigenvalue weighted by Gasteiger charge is -2.30. The van der Waals surface area contributed by atoms with Gasteiger partial charge in [-0.3, -0.25) is 9.59 Å². The van der Waals surface area contributed by atoms with Gasteiger partial charge >= 0.3 is 5.97 Å². The van der Waals surface area contributed by atoms with Crippen molar-refractivity contribution in [2.75, 3.05) is 18.5 Å². The van der Waals surface area contributed by atoms with Crippen molar-refractivity contribution < 1.29 is 19.8 Å². The molecular formula is C27H34N4O4. The summed E-state index contributed by atoms with van der Waals surface area (Å²) in [5.41, 5.74) is 2.25. The van der Waals surface area contributed by atoms with Crippen LogP contribution in [0.15, 0.2) is 60.7 Å². The van der Waals surface area contributed by atoms with Crippen molar-refractivity contribution in [2.45, 2.75) is 46.3 Å². The molecule has 2 atom stereocenters. The zero-order valence-electron chi connectivity index (χ0n) is 20.9. The molecule has 1 heterocycles. The van der Waals surface area contributed by atoms with E-state index in [0.29, 0.717) is 12.4 Å². The third-order valence-electron chi connectivity index (χ3n) is 6.01. The van der Waals surface area contributed by atoms with Gasteiger partial charge in [0.15, 0.2) is 5.69 Å². The molecule has 0 fully saturated rings. The average Bonchev–Trinajstić information content (AvgIpc) is 3.24. The second kappa shape index (κ2) is 10.7. The summed E-state index contributed by atoms with van der Waals surface area (Å²) in [6.07, 6.45) is -0.856. The lowest BCUT2D eigenvalue weighted by molar-refractivity contribution is -0.137. The van der Waals surface area contributed by atoms with Gasteiger partial charge in [0.1, 0.15) is 5.82 Å². The number of amides is 1. The SMILES string of the molecule is Cc1ccccc1C(CC(=O)O)NC(=O)c1cc(N(C)CC(O)C(C)(C)C)n(-c2ccccc2)n1. The third-order valence-corrected chi connectivity index (χ3v) is 6.01. The first kappa shape index (κ1) is 26.0. The van der Waals surface area contributed by atoms with Gasteiger partial charge in [-0.1, -0.05) is 63.2 Å². The maximum absolute atomic E-state index is 13.3. The molecule has 35 heavy (non-hydrogen) atoms. The zero-order chi connectivity index (χ0) is 25.8. The number of nitrogens with one attached hydrogen (secondary N) is 1. The predicted molar refractivity (Wildman–Crippen MR) is 136 cm³/mol. The molecule has 2 unspecified atom stereocenters. The van der Waals surface area contributed by atoms with Crippen molar-refractivity contribution in [3.8, 4) is 5.69 Å². The van der Waals surface area contributed by atoms with E-state index in [4.69, 9.17) is 0 Å². The molecule has 0 aliphatic carbocycles. The molecule has 8 heteroatoms. The normalized spacial score (nSPS) is 13.2. The molecule has 0 bridgehead atoms. The van der Waals surface area contributed by atoms with E-state index in [1.165, 1.54) is 0 Å². The summed E-state index contributed by atoms with van der Waals surface area (Å²) in [4.78, 5) is 26.7. The van der Waals surface area contributed by atoms with Gasteiger partial charge in [-0.15, -0.1) is 0 Å². The summed E-state index contributed by atoms with van der Waals surface area (Å²) in [5.74, 6) is -0.847. The number of hydrogen-bond acceptors (Lipinski definition) is 5. The number of carbonyl (C=O) groups is 2. The van der Waals surface area contributed by atoms with E-state index < -0.39 is 24.0 Å². The lowest BCUT2D eigenvalue weighted by atomic mass is 9.89. The van der Waals surface area contributed by atoms with Crippen molar-refractivity contribution in [3.63, 3.8) is 0 Å². The smallest absolute Gasteiger partial charge is 0.305 e. The lowest BCUT2D eigenvalue weighted by Crippen LogP contribution is -2.38. The highest BCUT2D eigenvalue weighted by atomic mass is 16.4. The van der Waals surface area contributed by atoms with E-state index in [0.717, 1.165) is 16.8 Å². The van der Waals surface area contributed by atoms with Crippen LogP contribution in [0.1, 0.15) is 54.8 Å². The summed E-state index contributed by atoms with van der Waals surface area (Å²) in [6.45, 7) is 8.12. The van der Waals surface area contributed by atoms with Crippen LogP contribution >= 0.6 is 0 Å². The van der Waals surface area contributed by atoms with Crippen molar-refractivity contribution in [1.29, 1.82) is 0 Å². The van der Waals surface area contributed by atoms with E-state index in [2.05, 4.69) is 10.4 Å². The fourth-order valence-electron chi connectivity index (χ4n) is 3.76. The third kappa shape index (κ3) is 6.48. The first-order chi connectivity index (χ1) is 16.5. The first-order valence-electron chi connectivity index (χ1n) is 11.6. The number of carboxylic acids is 1. The number of anilines is 1. The number of nitrogens with zero attached hydrogens (tertiary/aromatic N) is 3. The number of benzene rings is 2. The molecule has 2 aromatic carbocycles. The number of aromatic nitrogens is 2. The topological polar surface area (TPSA) is 108 Å². The number of carbonyl (C=O) groups excluding carboxylic acids is 1. The highest BCUT2D eigenvalue weighted by Crippen LogP contribution is 2.26. The Labute approximate surface area is 206 Å². The number of aliphatic hydroxyl groups is 1. The monoisotopic (exact) mass is 478 g/mol. The average molecular weight is 479 g/mol. The van der Waals surface area contributed by atoms with Crippen molar-refractivity contribution in [2.24, 2.45) is 5.41 Å². The molecule has 0 spiro atoms. The van der Waals surface area contributed by atoms with E-state index in [1.54, 1.807) is 10.7 Å². The molecule has 186 valence electrons. The van der Waals surface area contributed by atoms with Crippen LogP contribution in [-0.4, -0.2) is 51.6 Å². The van der Waals surface area contributed by atoms with Crippen LogP contribution in [0.25, 0.3) is 5.69 Å². The number of para-hydroxylation sites is 1. The first-order valence-corrected chi connectivity index (χ1v) is 11.6. The summed E-state index contributed by atoms with van der Waals surface area (Å²) < 4.78 is 1.66. The van der Waals surface area contributed by atoms with Crippen molar-refractivity contribution in [3.05, 3.63) is 77.5 Å². The van der Waals surface area contributed by atoms with Gasteiger partial charge in [0.05, 0.1) is 24.3 Å². The Morgan fingerprint density at radius 1 is 1.09 bits per heavy atom. The zero-order valence-corrected chi connectivity index (χ0v) is 20.9. The molecule has 0 saturated carbocycles. The van der Waals surface area contributed by atoms with Crippen LogP contribution in [-0.2, 0) is 4.79 Å². The highest BCUT2D eigenvalue weighted by molar-refractivity contribution is 5.94. The van der Waals surface area contributed by atoms with Crippen LogP contribution in [0.3, 0.4) is 0 Å². The molecule has 1 amide bonds. The fourth-order valence-corrected chi connectivity index (χ4v) is 3.76. The molecular weight excluding hydrogens is 444 g/mol. The summed E-state index contributed by atoms with van der Waals surface area (Å²) in [6, 6.07) is 17.8. The minimum Gasteiger partial charge on any atom is -0.481 e. The van der Waals surface area contributed by atoms with Crippen LogP contribution in [0, 0.1) is 12.3 Å². The minimum atomic E-state index is -1.01. The molecule has 0 saturated heterocycles. The summed E-state index contributed by atoms with van der Waals surface area (Å²) >= 11 is 0. The Morgan fingerprint density at radius 3 is 2.31 bits per heavy atom. The second-order valence-electron chi connectivity index (χ2n) is 9.88. The van der Waals surface area contributed by atoms with Gasteiger partial charge < -0.3 is 20.4 Å². The summed E-state index contributed by atoms with van der Waals surface area (Å²) in [7, 11) is 1.84. The van der Waals surface area contributed by atoms with Crippen LogP contribution in [0.2, 0.25) is 0 Å². The van der Waals surface area contributed by atoms with E-state index in [9.17, 15) is 19.8 Å². The van der Waals surface area contributed by atoms with Crippen molar-refractivity contribution >= 4 is 17.7 Å². The number of aliphatic hydroxyl groups excluding tert-OH is 1. The molecule has 0 aliphatic heterocycles. The molecule has 1 aromatic heterocycles. The van der Waals surface area contributed by atoms with Crippen LogP contribution in [0.4, 0.5) is 5.82 Å². The molecule has 3 aromatic rings. The van der Waals surface area contributed by atoms with Gasteiger partial charge in [-0.05, 0) is 35.6 Å². The number of aryl methyl sites for hydroxylation is 1. The van der Waals surface area contributed by atoms with Crippen LogP contribution < -0.4 is 10.2 Å². The number of rotatable bonds is 9. The molecule has 0 aliphatic rings. The van der Waals surface area contributed by atoms with Crippen LogP contribution in [0.5, 0.6) is 0 Å². The molecule has 3 rings (SSSR count). The minimum absolute atomic E-state index is 0.157. The van der Waals surface area contributed by atoms with Gasteiger partial charge in [0.2, 0.25) is 0 Å². The molecule has 3 N–H and O–H groups in total. The van der Waals surface area contributed by atoms with Gasteiger partial charge in [-0.25, -0.2) is 4.68 Å². The number of hydrogen-bond donors (Lipinski definition) is 3. The molecule has 8 nitrogen and oxygen atoms in total. The van der Waals surface area contributed by atoms with Crippen molar-refractivity contribution in [1.82, 2.24) is 15.1 Å². The largest absolute Gasteiger partial charge is 0.481 e. The van der Waals surface area contributed by atoms with E-state index in [-0.39, 0.29) is 17.5 Å². The van der Waals surface area contributed by atoms with Gasteiger partial charge in [0, 0.05) is 19.7 Å². The van der Waals surface area contributed by atoms with E-state index in [1.807, 2.05) is 94.2 Å². The van der Waals surface area contributed by atoms with E-state index >= 15 is 0 Å². The Balaban J connectivity index is 1.95. The maximum Gasteiger partial charge on any atom is 0.305 e. The second-order valence-corrected chi connectivity index (χ2v) is 9.88. The number of aliphatic carboxylic acids is 1.